The second kappa shape index (κ2) is 6.93. The smallest absolute Gasteiger partial charge is 0.349 e. The molecule has 5 nitrogen and oxygen atoms in total. The van der Waals surface area contributed by atoms with E-state index < -0.39 is 5.97 Å². The lowest BCUT2D eigenvalue weighted by atomic mass is 9.95. The maximum atomic E-state index is 12.2. The van der Waals surface area contributed by atoms with Gasteiger partial charge in [-0.15, -0.1) is 0 Å². The van der Waals surface area contributed by atoms with Crippen LogP contribution in [-0.4, -0.2) is 17.7 Å². The van der Waals surface area contributed by atoms with Gasteiger partial charge in [0.1, 0.15) is 28.9 Å². The van der Waals surface area contributed by atoms with Crippen LogP contribution in [0, 0.1) is 11.3 Å². The highest BCUT2D eigenvalue weighted by molar-refractivity contribution is 6.06. The lowest BCUT2D eigenvalue weighted by Crippen LogP contribution is -2.11. The fourth-order valence-electron chi connectivity index (χ4n) is 2.54. The first-order valence-electron chi connectivity index (χ1n) is 7.74. The third-order valence-electron chi connectivity index (χ3n) is 3.67. The molecule has 0 radical (unpaired) electrons. The van der Waals surface area contributed by atoms with E-state index in [0.717, 1.165) is 5.56 Å². The molecule has 0 spiro atoms. The van der Waals surface area contributed by atoms with E-state index in [9.17, 15) is 15.2 Å². The average Bonchev–Trinajstić information content (AvgIpc) is 2.63. The molecule has 1 aliphatic heterocycles. The van der Waals surface area contributed by atoms with Gasteiger partial charge in [0.05, 0.1) is 6.61 Å². The van der Waals surface area contributed by atoms with Gasteiger partial charge in [-0.3, -0.25) is 0 Å². The van der Waals surface area contributed by atoms with Crippen LogP contribution >= 0.6 is 0 Å². The zero-order chi connectivity index (χ0) is 17.8. The molecular weight excluding hydrogens is 318 g/mol. The van der Waals surface area contributed by atoms with Crippen molar-refractivity contribution in [1.29, 1.82) is 5.26 Å². The monoisotopic (exact) mass is 333 g/mol. The highest BCUT2D eigenvalue weighted by Crippen LogP contribution is 2.40. The molecule has 1 heterocycles. The zero-order valence-corrected chi connectivity index (χ0v) is 13.5. The van der Waals surface area contributed by atoms with Crippen LogP contribution in [0.3, 0.4) is 0 Å². The summed E-state index contributed by atoms with van der Waals surface area (Å²) in [6, 6.07) is 15.8. The minimum Gasteiger partial charge on any atom is -0.508 e. The number of carbonyl (C=O) groups is 1. The molecule has 0 saturated heterocycles. The maximum absolute atomic E-state index is 12.2. The second-order valence-electron chi connectivity index (χ2n) is 5.28. The number of phenols is 1. The fourth-order valence-corrected chi connectivity index (χ4v) is 2.54. The Morgan fingerprint density at radius 1 is 1.24 bits per heavy atom. The van der Waals surface area contributed by atoms with E-state index >= 15 is 0 Å². The maximum Gasteiger partial charge on any atom is 0.349 e. The number of fused-ring (bicyclic) bond motifs is 1. The summed E-state index contributed by atoms with van der Waals surface area (Å²) >= 11 is 0. The van der Waals surface area contributed by atoms with Crippen LogP contribution in [0.2, 0.25) is 0 Å². The van der Waals surface area contributed by atoms with Crippen molar-refractivity contribution in [2.24, 2.45) is 0 Å². The molecule has 3 rings (SSSR count). The Bertz CT molecular complexity index is 920. The van der Waals surface area contributed by atoms with Gasteiger partial charge in [-0.2, -0.15) is 5.26 Å². The summed E-state index contributed by atoms with van der Waals surface area (Å²) < 4.78 is 10.9. The number of carbonyl (C=O) groups excluding carboxylic acids is 1. The van der Waals surface area contributed by atoms with Gasteiger partial charge in [-0.1, -0.05) is 30.3 Å². The Hall–Kier alpha value is -3.52. The minimum atomic E-state index is -0.708. The number of allylic oxidation sites excluding steroid dienone is 2. The van der Waals surface area contributed by atoms with Crippen LogP contribution in [0.25, 0.3) is 11.3 Å². The number of aromatic hydroxyl groups is 1. The van der Waals surface area contributed by atoms with Gasteiger partial charge in [-0.05, 0) is 31.2 Å². The number of phenolic OH excluding ortho intramolecular Hbond substituents is 1. The fraction of sp³-hybridized carbons (Fsp3) is 0.100. The van der Waals surface area contributed by atoms with E-state index in [0.29, 0.717) is 22.6 Å². The van der Waals surface area contributed by atoms with Crippen molar-refractivity contribution in [3.05, 3.63) is 71.3 Å². The largest absolute Gasteiger partial charge is 0.508 e. The molecule has 0 fully saturated rings. The number of rotatable bonds is 3. The molecule has 124 valence electrons. The standard InChI is InChI=1S/C20H15NO4/c1-2-24-20(23)17(12-21)15-11-19(13-6-4-3-5-7-13)25-18-9-8-14(22)10-16(15)18/h3-11,22H,2H2,1H3. The quantitative estimate of drug-likeness (QED) is 0.527. The molecule has 5 heteroatoms. The summed E-state index contributed by atoms with van der Waals surface area (Å²) in [7, 11) is 0. The normalized spacial score (nSPS) is 14.5. The van der Waals surface area contributed by atoms with Gasteiger partial charge in [0, 0.05) is 16.7 Å². The molecule has 0 aromatic heterocycles. The first-order chi connectivity index (χ1) is 12.1. The molecule has 0 bridgehead atoms. The third-order valence-corrected chi connectivity index (χ3v) is 3.67. The highest BCUT2D eigenvalue weighted by atomic mass is 16.5. The summed E-state index contributed by atoms with van der Waals surface area (Å²) in [4.78, 5) is 12.2. The summed E-state index contributed by atoms with van der Waals surface area (Å²) in [5.74, 6) is 0.259. The zero-order valence-electron chi connectivity index (χ0n) is 13.5. The first-order valence-corrected chi connectivity index (χ1v) is 7.74. The average molecular weight is 333 g/mol. The molecule has 0 atom stereocenters. The number of hydrogen-bond acceptors (Lipinski definition) is 5. The van der Waals surface area contributed by atoms with Crippen molar-refractivity contribution < 1.29 is 19.4 Å². The van der Waals surface area contributed by atoms with Crippen LogP contribution in [0.1, 0.15) is 18.1 Å². The van der Waals surface area contributed by atoms with Gasteiger partial charge in [0.15, 0.2) is 0 Å². The number of hydrogen-bond donors (Lipinski definition) is 1. The Morgan fingerprint density at radius 2 is 2.00 bits per heavy atom. The van der Waals surface area contributed by atoms with Gasteiger partial charge < -0.3 is 14.6 Å². The molecule has 0 aliphatic carbocycles. The van der Waals surface area contributed by atoms with Crippen molar-refractivity contribution in [3.8, 4) is 17.6 Å². The molecule has 1 aliphatic rings. The number of ether oxygens (including phenoxy) is 2. The summed E-state index contributed by atoms with van der Waals surface area (Å²) in [6.45, 7) is 1.84. The molecule has 0 saturated carbocycles. The lowest BCUT2D eigenvalue weighted by Gasteiger charge is -2.21. The van der Waals surface area contributed by atoms with Crippen LogP contribution in [0.4, 0.5) is 0 Å². The Balaban J connectivity index is 2.22. The predicted molar refractivity (Wildman–Crippen MR) is 92.3 cm³/mol. The minimum absolute atomic E-state index is 0.0116. The molecule has 2 aromatic rings. The van der Waals surface area contributed by atoms with E-state index in [2.05, 4.69) is 0 Å². The number of benzene rings is 2. The third kappa shape index (κ3) is 3.24. The number of nitrogens with zero attached hydrogens (tertiary/aromatic N) is 1. The van der Waals surface area contributed by atoms with Crippen molar-refractivity contribution in [1.82, 2.24) is 0 Å². The van der Waals surface area contributed by atoms with Gasteiger partial charge in [0.25, 0.3) is 0 Å². The summed E-state index contributed by atoms with van der Waals surface area (Å²) in [6.07, 6.45) is 1.62. The Morgan fingerprint density at radius 3 is 2.68 bits per heavy atom. The van der Waals surface area contributed by atoms with Crippen molar-refractivity contribution in [3.63, 3.8) is 0 Å². The first kappa shape index (κ1) is 16.3. The van der Waals surface area contributed by atoms with Gasteiger partial charge in [0.2, 0.25) is 0 Å². The van der Waals surface area contributed by atoms with E-state index in [4.69, 9.17) is 9.47 Å². The second-order valence-corrected chi connectivity index (χ2v) is 5.28. The van der Waals surface area contributed by atoms with Crippen LogP contribution < -0.4 is 4.74 Å². The Labute approximate surface area is 145 Å². The number of nitriles is 1. The Kier molecular flexibility index (Phi) is 4.53. The molecule has 1 N–H and O–H groups in total. The van der Waals surface area contributed by atoms with E-state index in [1.807, 2.05) is 36.4 Å². The van der Waals surface area contributed by atoms with Crippen molar-refractivity contribution in [2.45, 2.75) is 6.92 Å². The van der Waals surface area contributed by atoms with Crippen molar-refractivity contribution >= 4 is 17.3 Å². The lowest BCUT2D eigenvalue weighted by molar-refractivity contribution is -0.137. The van der Waals surface area contributed by atoms with E-state index in [1.54, 1.807) is 19.1 Å². The van der Waals surface area contributed by atoms with Crippen LogP contribution in [-0.2, 0) is 9.53 Å². The molecule has 0 unspecified atom stereocenters. The van der Waals surface area contributed by atoms with E-state index in [-0.39, 0.29) is 17.9 Å². The summed E-state index contributed by atoms with van der Waals surface area (Å²) in [5.41, 5.74) is 1.49. The van der Waals surface area contributed by atoms with Crippen molar-refractivity contribution in [2.75, 3.05) is 6.61 Å². The molecule has 2 aromatic carbocycles. The molecule has 0 amide bonds. The topological polar surface area (TPSA) is 79.6 Å². The highest BCUT2D eigenvalue weighted by Gasteiger charge is 2.25. The van der Waals surface area contributed by atoms with Crippen LogP contribution in [0.15, 0.2) is 60.2 Å². The number of esters is 1. The van der Waals surface area contributed by atoms with Crippen LogP contribution in [0.5, 0.6) is 11.5 Å². The SMILES string of the molecule is CCOC(=O)C(C#N)=C1C=C(c2ccccc2)Oc2ccc(O)cc21. The van der Waals surface area contributed by atoms with Gasteiger partial charge in [-0.25, -0.2) is 4.79 Å². The van der Waals surface area contributed by atoms with Gasteiger partial charge >= 0.3 is 5.97 Å². The summed E-state index contributed by atoms with van der Waals surface area (Å²) in [5, 5.41) is 19.3. The van der Waals surface area contributed by atoms with E-state index in [1.165, 1.54) is 12.1 Å². The molecule has 25 heavy (non-hydrogen) atoms. The molecular formula is C20H15NO4. The predicted octanol–water partition coefficient (Wildman–Crippen LogP) is 3.67.